The summed E-state index contributed by atoms with van der Waals surface area (Å²) in [5, 5.41) is 3.46. The van der Waals surface area contributed by atoms with Crippen LogP contribution in [0.15, 0.2) is 0 Å². The van der Waals surface area contributed by atoms with Gasteiger partial charge in [0.2, 0.25) is 0 Å². The lowest BCUT2D eigenvalue weighted by Gasteiger charge is -2.33. The molecule has 1 rings (SSSR count). The second-order valence-electron chi connectivity index (χ2n) is 4.87. The molecule has 17 heavy (non-hydrogen) atoms. The van der Waals surface area contributed by atoms with Crippen LogP contribution < -0.4 is 5.32 Å². The molecule has 1 fully saturated rings. The van der Waals surface area contributed by atoms with E-state index in [1.165, 1.54) is 45.2 Å². The summed E-state index contributed by atoms with van der Waals surface area (Å²) in [5.74, 6) is 0. The molecule has 0 radical (unpaired) electrons. The molecule has 0 spiro atoms. The standard InChI is InChI=1S/C14H30N2O/c1-3-16(14-8-6-5-7-9-14)12-10-15-11-13-17-4-2/h14-15H,3-13H2,1-2H3. The van der Waals surface area contributed by atoms with Crippen LogP contribution in [0.4, 0.5) is 0 Å². The van der Waals surface area contributed by atoms with Crippen molar-refractivity contribution < 1.29 is 4.74 Å². The summed E-state index contributed by atoms with van der Waals surface area (Å²) in [6, 6.07) is 0.849. The molecule has 1 aliphatic rings. The molecule has 0 heterocycles. The zero-order chi connectivity index (χ0) is 12.3. The highest BCUT2D eigenvalue weighted by Gasteiger charge is 2.18. The van der Waals surface area contributed by atoms with Crippen molar-refractivity contribution >= 4 is 0 Å². The molecule has 3 nitrogen and oxygen atoms in total. The average Bonchev–Trinajstić information content (AvgIpc) is 2.39. The summed E-state index contributed by atoms with van der Waals surface area (Å²) in [4.78, 5) is 2.65. The van der Waals surface area contributed by atoms with Crippen LogP contribution in [0.3, 0.4) is 0 Å². The molecule has 3 heteroatoms. The Morgan fingerprint density at radius 1 is 1.12 bits per heavy atom. The number of likely N-dealkylation sites (N-methyl/N-ethyl adjacent to an activating group) is 1. The van der Waals surface area contributed by atoms with Gasteiger partial charge in [-0.15, -0.1) is 0 Å². The molecule has 1 saturated carbocycles. The molecule has 0 aromatic carbocycles. The minimum Gasteiger partial charge on any atom is -0.380 e. The number of nitrogens with one attached hydrogen (secondary N) is 1. The highest BCUT2D eigenvalue weighted by atomic mass is 16.5. The number of hydrogen-bond donors (Lipinski definition) is 1. The summed E-state index contributed by atoms with van der Waals surface area (Å²) in [5.41, 5.74) is 0. The Hall–Kier alpha value is -0.120. The van der Waals surface area contributed by atoms with Gasteiger partial charge in [-0.3, -0.25) is 4.90 Å². The van der Waals surface area contributed by atoms with Crippen LogP contribution >= 0.6 is 0 Å². The molecule has 0 aliphatic heterocycles. The Bertz CT molecular complexity index is 170. The van der Waals surface area contributed by atoms with Gasteiger partial charge in [-0.1, -0.05) is 26.2 Å². The Morgan fingerprint density at radius 3 is 2.53 bits per heavy atom. The first-order valence-corrected chi connectivity index (χ1v) is 7.41. The van der Waals surface area contributed by atoms with Gasteiger partial charge in [-0.05, 0) is 26.3 Å². The van der Waals surface area contributed by atoms with Crippen molar-refractivity contribution in [1.82, 2.24) is 10.2 Å². The van der Waals surface area contributed by atoms with Crippen LogP contribution in [0.25, 0.3) is 0 Å². The van der Waals surface area contributed by atoms with Crippen molar-refractivity contribution in [2.75, 3.05) is 39.4 Å². The van der Waals surface area contributed by atoms with Gasteiger partial charge in [0, 0.05) is 32.3 Å². The minimum atomic E-state index is 0.824. The average molecular weight is 242 g/mol. The van der Waals surface area contributed by atoms with Crippen molar-refractivity contribution in [3.63, 3.8) is 0 Å². The fraction of sp³-hybridized carbons (Fsp3) is 1.00. The van der Waals surface area contributed by atoms with Gasteiger partial charge in [0.25, 0.3) is 0 Å². The fourth-order valence-corrected chi connectivity index (χ4v) is 2.68. The van der Waals surface area contributed by atoms with Crippen molar-refractivity contribution in [2.24, 2.45) is 0 Å². The van der Waals surface area contributed by atoms with Crippen LogP contribution in [0.1, 0.15) is 46.0 Å². The van der Waals surface area contributed by atoms with Crippen molar-refractivity contribution in [3.05, 3.63) is 0 Å². The Balaban J connectivity index is 2.05. The molecular weight excluding hydrogens is 212 g/mol. The van der Waals surface area contributed by atoms with Gasteiger partial charge in [0.05, 0.1) is 6.61 Å². The van der Waals surface area contributed by atoms with Crippen LogP contribution in [-0.2, 0) is 4.74 Å². The molecule has 1 N–H and O–H groups in total. The largest absolute Gasteiger partial charge is 0.380 e. The normalized spacial score (nSPS) is 17.8. The van der Waals surface area contributed by atoms with Crippen LogP contribution in [0.5, 0.6) is 0 Å². The smallest absolute Gasteiger partial charge is 0.0590 e. The van der Waals surface area contributed by atoms with Gasteiger partial charge in [-0.2, -0.15) is 0 Å². The Kier molecular flexibility index (Phi) is 8.67. The minimum absolute atomic E-state index is 0.824. The molecule has 0 saturated heterocycles. The van der Waals surface area contributed by atoms with Gasteiger partial charge < -0.3 is 10.1 Å². The summed E-state index contributed by atoms with van der Waals surface area (Å²) in [7, 11) is 0. The first kappa shape index (κ1) is 14.9. The number of rotatable bonds is 9. The molecule has 1 aliphatic carbocycles. The quantitative estimate of drug-likeness (QED) is 0.628. The summed E-state index contributed by atoms with van der Waals surface area (Å²) in [6.07, 6.45) is 7.12. The first-order chi connectivity index (χ1) is 8.38. The summed E-state index contributed by atoms with van der Waals surface area (Å²) in [6.45, 7) is 10.5. The number of nitrogens with zero attached hydrogens (tertiary/aromatic N) is 1. The first-order valence-electron chi connectivity index (χ1n) is 7.41. The number of hydrogen-bond acceptors (Lipinski definition) is 3. The summed E-state index contributed by atoms with van der Waals surface area (Å²) < 4.78 is 5.31. The lowest BCUT2D eigenvalue weighted by atomic mass is 9.94. The molecule has 0 amide bonds. The van der Waals surface area contributed by atoms with E-state index in [4.69, 9.17) is 4.74 Å². The zero-order valence-corrected chi connectivity index (χ0v) is 11.7. The molecule has 0 aromatic heterocycles. The Labute approximate surface area is 107 Å². The van der Waals surface area contributed by atoms with E-state index < -0.39 is 0 Å². The molecule has 0 bridgehead atoms. The SMILES string of the molecule is CCOCCNCCN(CC)C1CCCCC1. The predicted molar refractivity (Wildman–Crippen MR) is 73.5 cm³/mol. The van der Waals surface area contributed by atoms with E-state index in [2.05, 4.69) is 17.1 Å². The van der Waals surface area contributed by atoms with Gasteiger partial charge >= 0.3 is 0 Å². The molecule has 0 unspecified atom stereocenters. The van der Waals surface area contributed by atoms with Crippen LogP contribution in [0.2, 0.25) is 0 Å². The lowest BCUT2D eigenvalue weighted by Crippen LogP contribution is -2.41. The van der Waals surface area contributed by atoms with Crippen molar-refractivity contribution in [3.8, 4) is 0 Å². The fourth-order valence-electron chi connectivity index (χ4n) is 2.68. The topological polar surface area (TPSA) is 24.5 Å². The zero-order valence-electron chi connectivity index (χ0n) is 11.7. The van der Waals surface area contributed by atoms with Gasteiger partial charge in [-0.25, -0.2) is 0 Å². The third-order valence-electron chi connectivity index (χ3n) is 3.70. The van der Waals surface area contributed by atoms with E-state index in [0.29, 0.717) is 0 Å². The van der Waals surface area contributed by atoms with E-state index in [1.807, 2.05) is 6.92 Å². The van der Waals surface area contributed by atoms with E-state index >= 15 is 0 Å². The van der Waals surface area contributed by atoms with Crippen LogP contribution in [-0.4, -0.2) is 50.3 Å². The van der Waals surface area contributed by atoms with Crippen molar-refractivity contribution in [2.45, 2.75) is 52.0 Å². The third-order valence-corrected chi connectivity index (χ3v) is 3.70. The van der Waals surface area contributed by atoms with E-state index in [-0.39, 0.29) is 0 Å². The maximum atomic E-state index is 5.31. The maximum Gasteiger partial charge on any atom is 0.0590 e. The highest BCUT2D eigenvalue weighted by molar-refractivity contribution is 4.75. The van der Waals surface area contributed by atoms with Crippen LogP contribution in [0, 0.1) is 0 Å². The molecular formula is C14H30N2O. The van der Waals surface area contributed by atoms with Crippen molar-refractivity contribution in [1.29, 1.82) is 0 Å². The molecule has 0 aromatic rings. The maximum absolute atomic E-state index is 5.31. The van der Waals surface area contributed by atoms with E-state index in [9.17, 15) is 0 Å². The van der Waals surface area contributed by atoms with E-state index in [0.717, 1.165) is 32.3 Å². The lowest BCUT2D eigenvalue weighted by molar-refractivity contribution is 0.142. The predicted octanol–water partition coefficient (Wildman–Crippen LogP) is 2.27. The third kappa shape index (κ3) is 6.39. The van der Waals surface area contributed by atoms with Gasteiger partial charge in [0.15, 0.2) is 0 Å². The summed E-state index contributed by atoms with van der Waals surface area (Å²) >= 11 is 0. The van der Waals surface area contributed by atoms with Gasteiger partial charge in [0.1, 0.15) is 0 Å². The monoisotopic (exact) mass is 242 g/mol. The second kappa shape index (κ2) is 9.86. The Morgan fingerprint density at radius 2 is 1.88 bits per heavy atom. The number of ether oxygens (including phenoxy) is 1. The molecule has 102 valence electrons. The molecule has 0 atom stereocenters. The second-order valence-corrected chi connectivity index (χ2v) is 4.87. The highest BCUT2D eigenvalue weighted by Crippen LogP contribution is 2.21. The van der Waals surface area contributed by atoms with E-state index in [1.54, 1.807) is 0 Å².